The van der Waals surface area contributed by atoms with Crippen LogP contribution in [0.15, 0.2) is 0 Å². The molecular formula is C14H27N3O2. The maximum Gasteiger partial charge on any atom is 0.242 e. The molecule has 0 aromatic rings. The smallest absolute Gasteiger partial charge is 0.242 e. The van der Waals surface area contributed by atoms with Gasteiger partial charge < -0.3 is 16.0 Å². The maximum absolute atomic E-state index is 12.2. The third kappa shape index (κ3) is 4.20. The van der Waals surface area contributed by atoms with Gasteiger partial charge in [-0.1, -0.05) is 20.8 Å². The molecule has 1 heterocycles. The topological polar surface area (TPSA) is 75.4 Å². The molecule has 19 heavy (non-hydrogen) atoms. The van der Waals surface area contributed by atoms with Crippen molar-refractivity contribution in [3.8, 4) is 0 Å². The normalized spacial score (nSPS) is 20.2. The Labute approximate surface area is 115 Å². The van der Waals surface area contributed by atoms with Crippen molar-refractivity contribution in [1.29, 1.82) is 0 Å². The second kappa shape index (κ2) is 6.37. The van der Waals surface area contributed by atoms with E-state index >= 15 is 0 Å². The highest BCUT2D eigenvalue weighted by atomic mass is 16.2. The zero-order valence-corrected chi connectivity index (χ0v) is 12.5. The van der Waals surface area contributed by atoms with Crippen LogP contribution in [0.3, 0.4) is 0 Å². The molecule has 1 unspecified atom stereocenters. The molecule has 110 valence electrons. The fraction of sp³-hybridized carbons (Fsp3) is 0.857. The van der Waals surface area contributed by atoms with Crippen molar-refractivity contribution in [2.45, 2.75) is 58.5 Å². The van der Waals surface area contributed by atoms with E-state index in [4.69, 9.17) is 5.73 Å². The molecule has 0 aromatic heterocycles. The van der Waals surface area contributed by atoms with Crippen molar-refractivity contribution >= 4 is 11.8 Å². The Morgan fingerprint density at radius 2 is 1.89 bits per heavy atom. The molecule has 0 radical (unpaired) electrons. The largest absolute Gasteiger partial charge is 0.353 e. The van der Waals surface area contributed by atoms with Crippen LogP contribution in [0.4, 0.5) is 0 Å². The Balaban J connectivity index is 2.45. The Morgan fingerprint density at radius 1 is 1.37 bits per heavy atom. The molecule has 1 aliphatic rings. The van der Waals surface area contributed by atoms with E-state index in [0.717, 1.165) is 12.8 Å². The highest BCUT2D eigenvalue weighted by molar-refractivity contribution is 5.85. The summed E-state index contributed by atoms with van der Waals surface area (Å²) in [6.45, 7) is 8.82. The Morgan fingerprint density at radius 3 is 2.32 bits per heavy atom. The lowest BCUT2D eigenvalue weighted by molar-refractivity contribution is -0.137. The number of carbonyl (C=O) groups excluding carboxylic acids is 2. The quantitative estimate of drug-likeness (QED) is 0.795. The summed E-state index contributed by atoms with van der Waals surface area (Å²) >= 11 is 0. The standard InChI is InChI=1S/C14H27N3O2/c1-5-14(4,15)13(19)17-8-6-11(7-9-17)16-12(18)10(2)3/h10-11H,5-9,15H2,1-4H3,(H,16,18). The molecule has 1 atom stereocenters. The van der Waals surface area contributed by atoms with Crippen molar-refractivity contribution in [2.75, 3.05) is 13.1 Å². The van der Waals surface area contributed by atoms with Crippen LogP contribution in [0.1, 0.15) is 47.0 Å². The van der Waals surface area contributed by atoms with Gasteiger partial charge in [-0.25, -0.2) is 0 Å². The van der Waals surface area contributed by atoms with Crippen LogP contribution < -0.4 is 11.1 Å². The molecule has 2 amide bonds. The number of piperidine rings is 1. The van der Waals surface area contributed by atoms with Gasteiger partial charge in [-0.15, -0.1) is 0 Å². The molecule has 0 bridgehead atoms. The van der Waals surface area contributed by atoms with E-state index in [1.54, 1.807) is 6.92 Å². The summed E-state index contributed by atoms with van der Waals surface area (Å²) in [5.74, 6) is 0.109. The number of nitrogens with one attached hydrogen (secondary N) is 1. The Bertz CT molecular complexity index is 332. The monoisotopic (exact) mass is 269 g/mol. The van der Waals surface area contributed by atoms with Crippen molar-refractivity contribution in [1.82, 2.24) is 10.2 Å². The zero-order chi connectivity index (χ0) is 14.6. The summed E-state index contributed by atoms with van der Waals surface area (Å²) in [5.41, 5.74) is 5.21. The SMILES string of the molecule is CCC(C)(N)C(=O)N1CCC(NC(=O)C(C)C)CC1. The predicted octanol–water partition coefficient (Wildman–Crippen LogP) is 0.877. The molecule has 1 saturated heterocycles. The second-order valence-corrected chi connectivity index (χ2v) is 6.00. The Kier molecular flexibility index (Phi) is 5.35. The van der Waals surface area contributed by atoms with E-state index in [1.165, 1.54) is 0 Å². The first kappa shape index (κ1) is 16.0. The zero-order valence-electron chi connectivity index (χ0n) is 12.5. The molecule has 1 rings (SSSR count). The summed E-state index contributed by atoms with van der Waals surface area (Å²) in [7, 11) is 0. The van der Waals surface area contributed by atoms with Crippen LogP contribution in [-0.2, 0) is 9.59 Å². The number of nitrogens with two attached hydrogens (primary N) is 1. The molecule has 0 aromatic carbocycles. The lowest BCUT2D eigenvalue weighted by Crippen LogP contribution is -2.56. The lowest BCUT2D eigenvalue weighted by atomic mass is 9.96. The summed E-state index contributed by atoms with van der Waals surface area (Å²) in [6.07, 6.45) is 2.25. The highest BCUT2D eigenvalue weighted by Crippen LogP contribution is 2.16. The molecule has 5 heteroatoms. The minimum atomic E-state index is -0.770. The number of nitrogens with zero attached hydrogens (tertiary/aromatic N) is 1. The average Bonchev–Trinajstić information content (AvgIpc) is 2.38. The van der Waals surface area contributed by atoms with Crippen molar-refractivity contribution < 1.29 is 9.59 Å². The lowest BCUT2D eigenvalue weighted by Gasteiger charge is -2.36. The first-order valence-electron chi connectivity index (χ1n) is 7.16. The van der Waals surface area contributed by atoms with Crippen LogP contribution >= 0.6 is 0 Å². The number of rotatable bonds is 4. The van der Waals surface area contributed by atoms with Crippen molar-refractivity contribution in [3.63, 3.8) is 0 Å². The third-order valence-electron chi connectivity index (χ3n) is 3.88. The molecule has 0 saturated carbocycles. The minimum absolute atomic E-state index is 0.00656. The van der Waals surface area contributed by atoms with E-state index in [1.807, 2.05) is 25.7 Å². The third-order valence-corrected chi connectivity index (χ3v) is 3.88. The number of carbonyl (C=O) groups is 2. The second-order valence-electron chi connectivity index (χ2n) is 6.00. The average molecular weight is 269 g/mol. The van der Waals surface area contributed by atoms with E-state index in [9.17, 15) is 9.59 Å². The van der Waals surface area contributed by atoms with Crippen LogP contribution in [0, 0.1) is 5.92 Å². The summed E-state index contributed by atoms with van der Waals surface area (Å²) in [4.78, 5) is 25.6. The van der Waals surface area contributed by atoms with Crippen LogP contribution in [0.25, 0.3) is 0 Å². The summed E-state index contributed by atoms with van der Waals surface area (Å²) < 4.78 is 0. The van der Waals surface area contributed by atoms with Gasteiger partial charge in [0.15, 0.2) is 0 Å². The number of likely N-dealkylation sites (tertiary alicyclic amines) is 1. The van der Waals surface area contributed by atoms with Crippen LogP contribution in [0.5, 0.6) is 0 Å². The first-order valence-corrected chi connectivity index (χ1v) is 7.16. The highest BCUT2D eigenvalue weighted by Gasteiger charge is 2.33. The fourth-order valence-corrected chi connectivity index (χ4v) is 2.11. The van der Waals surface area contributed by atoms with Crippen molar-refractivity contribution in [2.24, 2.45) is 11.7 Å². The molecule has 3 N–H and O–H groups in total. The van der Waals surface area contributed by atoms with Gasteiger partial charge in [0.1, 0.15) is 0 Å². The summed E-state index contributed by atoms with van der Waals surface area (Å²) in [6, 6.07) is 0.185. The van der Waals surface area contributed by atoms with Gasteiger partial charge in [0.05, 0.1) is 5.54 Å². The Hall–Kier alpha value is -1.10. The van der Waals surface area contributed by atoms with Gasteiger partial charge in [-0.05, 0) is 26.2 Å². The molecule has 0 aliphatic carbocycles. The number of amides is 2. The van der Waals surface area contributed by atoms with Crippen LogP contribution in [-0.4, -0.2) is 41.4 Å². The number of hydrogen-bond donors (Lipinski definition) is 2. The van der Waals surface area contributed by atoms with Crippen molar-refractivity contribution in [3.05, 3.63) is 0 Å². The maximum atomic E-state index is 12.2. The van der Waals surface area contributed by atoms with E-state index in [2.05, 4.69) is 5.32 Å². The molecule has 0 spiro atoms. The molecular weight excluding hydrogens is 242 g/mol. The molecule has 5 nitrogen and oxygen atoms in total. The molecule has 1 aliphatic heterocycles. The van der Waals surface area contributed by atoms with Gasteiger partial charge in [0.2, 0.25) is 11.8 Å². The first-order chi connectivity index (χ1) is 8.77. The van der Waals surface area contributed by atoms with Gasteiger partial charge in [0.25, 0.3) is 0 Å². The van der Waals surface area contributed by atoms with E-state index < -0.39 is 5.54 Å². The fourth-order valence-electron chi connectivity index (χ4n) is 2.11. The van der Waals surface area contributed by atoms with Gasteiger partial charge in [0, 0.05) is 25.0 Å². The minimum Gasteiger partial charge on any atom is -0.353 e. The van der Waals surface area contributed by atoms with Crippen LogP contribution in [0.2, 0.25) is 0 Å². The van der Waals surface area contributed by atoms with E-state index in [-0.39, 0.29) is 23.8 Å². The van der Waals surface area contributed by atoms with Gasteiger partial charge in [-0.3, -0.25) is 9.59 Å². The predicted molar refractivity (Wildman–Crippen MR) is 75.5 cm³/mol. The number of hydrogen-bond acceptors (Lipinski definition) is 3. The van der Waals surface area contributed by atoms with E-state index in [0.29, 0.717) is 19.5 Å². The van der Waals surface area contributed by atoms with Gasteiger partial charge >= 0.3 is 0 Å². The van der Waals surface area contributed by atoms with Gasteiger partial charge in [-0.2, -0.15) is 0 Å². The molecule has 1 fully saturated rings. The summed E-state index contributed by atoms with van der Waals surface area (Å²) in [5, 5.41) is 3.02.